The van der Waals surface area contributed by atoms with E-state index in [4.69, 9.17) is 9.47 Å². The Bertz CT molecular complexity index is 884. The van der Waals surface area contributed by atoms with Gasteiger partial charge in [-0.1, -0.05) is 6.07 Å². The molecule has 0 radical (unpaired) electrons. The molecule has 2 aliphatic rings. The van der Waals surface area contributed by atoms with Gasteiger partial charge < -0.3 is 14.4 Å². The molecule has 2 aliphatic heterocycles. The maximum atomic E-state index is 14.6. The minimum absolute atomic E-state index is 0.00513. The molecule has 136 valence electrons. The zero-order chi connectivity index (χ0) is 18.3. The van der Waals surface area contributed by atoms with Gasteiger partial charge in [0.1, 0.15) is 11.6 Å². The Morgan fingerprint density at radius 1 is 1.27 bits per heavy atom. The fourth-order valence-corrected chi connectivity index (χ4v) is 3.79. The van der Waals surface area contributed by atoms with Gasteiger partial charge in [-0.05, 0) is 37.0 Å². The molecule has 6 nitrogen and oxygen atoms in total. The summed E-state index contributed by atoms with van der Waals surface area (Å²) in [4.78, 5) is 12.8. The molecule has 0 unspecified atom stereocenters. The van der Waals surface area contributed by atoms with Crippen molar-refractivity contribution in [1.82, 2.24) is 0 Å². The Balaban J connectivity index is 1.75. The van der Waals surface area contributed by atoms with Gasteiger partial charge in [-0.2, -0.15) is 0 Å². The molecule has 26 heavy (non-hydrogen) atoms. The second kappa shape index (κ2) is 6.57. The van der Waals surface area contributed by atoms with Gasteiger partial charge >= 0.3 is 0 Å². The first-order valence-corrected chi connectivity index (χ1v) is 8.57. The molecule has 2 heterocycles. The average molecular weight is 358 g/mol. The molecule has 0 aromatic heterocycles. The third kappa shape index (κ3) is 2.99. The van der Waals surface area contributed by atoms with Gasteiger partial charge in [0.2, 0.25) is 0 Å². The molecule has 0 fully saturated rings. The fourth-order valence-electron chi connectivity index (χ4n) is 3.79. The number of aryl methyl sites for hydroxylation is 2. The number of anilines is 1. The summed E-state index contributed by atoms with van der Waals surface area (Å²) in [6.07, 6.45) is 1.75. The van der Waals surface area contributed by atoms with Crippen LogP contribution in [-0.4, -0.2) is 18.3 Å². The van der Waals surface area contributed by atoms with Crippen molar-refractivity contribution in [2.24, 2.45) is 0 Å². The summed E-state index contributed by atoms with van der Waals surface area (Å²) >= 11 is 0. The molecule has 7 heteroatoms. The van der Waals surface area contributed by atoms with Crippen LogP contribution in [0.25, 0.3) is 0 Å². The summed E-state index contributed by atoms with van der Waals surface area (Å²) < 4.78 is 25.5. The van der Waals surface area contributed by atoms with Gasteiger partial charge in [0.15, 0.2) is 6.79 Å². The van der Waals surface area contributed by atoms with Crippen LogP contribution < -0.4 is 9.64 Å². The van der Waals surface area contributed by atoms with E-state index in [2.05, 4.69) is 0 Å². The highest BCUT2D eigenvalue weighted by atomic mass is 19.1. The summed E-state index contributed by atoms with van der Waals surface area (Å²) in [6.45, 7) is 3.32. The second-order valence-electron chi connectivity index (χ2n) is 6.74. The summed E-state index contributed by atoms with van der Waals surface area (Å²) in [6, 6.07) is 6.54. The standard InChI is InChI=1S/C19H19FN2O4/c1-12-5-13-3-2-4-21(18(13)17(20)6-12)9-14-7-16(22(23)24)8-15-10-25-11-26-19(14)15/h5-8H,2-4,9-11H2,1H3. The topological polar surface area (TPSA) is 64.8 Å². The smallest absolute Gasteiger partial charge is 0.270 e. The lowest BCUT2D eigenvalue weighted by molar-refractivity contribution is -0.385. The first-order chi connectivity index (χ1) is 12.5. The van der Waals surface area contributed by atoms with Crippen LogP contribution in [0.2, 0.25) is 0 Å². The summed E-state index contributed by atoms with van der Waals surface area (Å²) in [5.74, 6) is 0.366. The van der Waals surface area contributed by atoms with Gasteiger partial charge in [0.25, 0.3) is 5.69 Å². The van der Waals surface area contributed by atoms with Gasteiger partial charge in [-0.15, -0.1) is 0 Å². The molecule has 0 saturated carbocycles. The first-order valence-electron chi connectivity index (χ1n) is 8.57. The molecule has 0 spiro atoms. The Morgan fingerprint density at radius 2 is 2.12 bits per heavy atom. The number of nitro benzene ring substituents is 1. The van der Waals surface area contributed by atoms with E-state index in [1.165, 1.54) is 18.2 Å². The number of fused-ring (bicyclic) bond motifs is 2. The van der Waals surface area contributed by atoms with Crippen LogP contribution in [0.1, 0.15) is 28.7 Å². The number of rotatable bonds is 3. The molecule has 0 atom stereocenters. The molecule has 4 rings (SSSR count). The van der Waals surface area contributed by atoms with Gasteiger partial charge in [-0.25, -0.2) is 4.39 Å². The number of ether oxygens (including phenoxy) is 2. The van der Waals surface area contributed by atoms with Crippen LogP contribution in [0.15, 0.2) is 24.3 Å². The van der Waals surface area contributed by atoms with Crippen molar-refractivity contribution in [3.8, 4) is 5.75 Å². The summed E-state index contributed by atoms with van der Waals surface area (Å²) in [7, 11) is 0. The van der Waals surface area contributed by atoms with Crippen molar-refractivity contribution in [2.75, 3.05) is 18.2 Å². The molecule has 0 saturated heterocycles. The third-order valence-corrected chi connectivity index (χ3v) is 4.82. The zero-order valence-corrected chi connectivity index (χ0v) is 14.5. The Labute approximate surface area is 150 Å². The third-order valence-electron chi connectivity index (χ3n) is 4.82. The van der Waals surface area contributed by atoms with Crippen molar-refractivity contribution in [3.63, 3.8) is 0 Å². The molecule has 2 aromatic rings. The predicted octanol–water partition coefficient (Wildman–Crippen LogP) is 3.86. The van der Waals surface area contributed by atoms with Crippen LogP contribution in [0.4, 0.5) is 15.8 Å². The van der Waals surface area contributed by atoms with Crippen LogP contribution >= 0.6 is 0 Å². The largest absolute Gasteiger partial charge is 0.467 e. The highest BCUT2D eigenvalue weighted by molar-refractivity contribution is 5.60. The van der Waals surface area contributed by atoms with E-state index in [0.717, 1.165) is 24.0 Å². The van der Waals surface area contributed by atoms with Crippen LogP contribution in [0, 0.1) is 22.9 Å². The number of benzene rings is 2. The number of halogens is 1. The van der Waals surface area contributed by atoms with E-state index < -0.39 is 4.92 Å². The lowest BCUT2D eigenvalue weighted by atomic mass is 9.98. The highest BCUT2D eigenvalue weighted by Crippen LogP contribution is 2.37. The molecule has 2 aromatic carbocycles. The average Bonchev–Trinajstić information content (AvgIpc) is 2.61. The minimum Gasteiger partial charge on any atom is -0.467 e. The second-order valence-corrected chi connectivity index (χ2v) is 6.74. The number of nitro groups is 1. The first kappa shape index (κ1) is 16.8. The van der Waals surface area contributed by atoms with Gasteiger partial charge in [0, 0.05) is 36.3 Å². The number of hydrogen-bond acceptors (Lipinski definition) is 5. The minimum atomic E-state index is -0.424. The van der Waals surface area contributed by atoms with Crippen molar-refractivity contribution in [1.29, 1.82) is 0 Å². The van der Waals surface area contributed by atoms with Crippen molar-refractivity contribution < 1.29 is 18.8 Å². The van der Waals surface area contributed by atoms with Crippen LogP contribution in [-0.2, 0) is 24.3 Å². The van der Waals surface area contributed by atoms with E-state index in [9.17, 15) is 14.5 Å². The quantitative estimate of drug-likeness (QED) is 0.616. The number of nitrogens with zero attached hydrogens (tertiary/aromatic N) is 2. The van der Waals surface area contributed by atoms with Gasteiger partial charge in [0.05, 0.1) is 17.2 Å². The molecular weight excluding hydrogens is 339 g/mol. The van der Waals surface area contributed by atoms with Crippen molar-refractivity contribution in [3.05, 3.63) is 62.5 Å². The van der Waals surface area contributed by atoms with E-state index in [1.807, 2.05) is 17.9 Å². The molecular formula is C19H19FN2O4. The van der Waals surface area contributed by atoms with Crippen molar-refractivity contribution in [2.45, 2.75) is 32.9 Å². The van der Waals surface area contributed by atoms with Gasteiger partial charge in [-0.3, -0.25) is 10.1 Å². The maximum absolute atomic E-state index is 14.6. The number of hydrogen-bond donors (Lipinski definition) is 0. The Morgan fingerprint density at radius 3 is 2.92 bits per heavy atom. The summed E-state index contributed by atoms with van der Waals surface area (Å²) in [5, 5.41) is 11.3. The predicted molar refractivity (Wildman–Crippen MR) is 93.9 cm³/mol. The normalized spacial score (nSPS) is 15.8. The molecule has 0 aliphatic carbocycles. The lowest BCUT2D eigenvalue weighted by Crippen LogP contribution is -2.30. The monoisotopic (exact) mass is 358 g/mol. The maximum Gasteiger partial charge on any atom is 0.270 e. The van der Waals surface area contributed by atoms with Crippen molar-refractivity contribution >= 4 is 11.4 Å². The van der Waals surface area contributed by atoms with Crippen LogP contribution in [0.3, 0.4) is 0 Å². The lowest BCUT2D eigenvalue weighted by Gasteiger charge is -2.33. The SMILES string of the molecule is Cc1cc(F)c2c(c1)CCCN2Cc1cc([N+](=O)[O-])cc2c1OCOC2. The zero-order valence-electron chi connectivity index (χ0n) is 14.5. The fraction of sp³-hybridized carbons (Fsp3) is 0.368. The molecule has 0 bridgehead atoms. The van der Waals surface area contributed by atoms with E-state index in [1.54, 1.807) is 0 Å². The summed E-state index contributed by atoms with van der Waals surface area (Å²) in [5.41, 5.74) is 3.81. The van der Waals surface area contributed by atoms with E-state index >= 15 is 0 Å². The Kier molecular flexibility index (Phi) is 4.24. The highest BCUT2D eigenvalue weighted by Gasteiger charge is 2.26. The molecule has 0 N–H and O–H groups in total. The van der Waals surface area contributed by atoms with E-state index in [0.29, 0.717) is 35.7 Å². The van der Waals surface area contributed by atoms with Crippen LogP contribution in [0.5, 0.6) is 5.75 Å². The molecule has 0 amide bonds. The Hall–Kier alpha value is -2.67. The van der Waals surface area contributed by atoms with E-state index in [-0.39, 0.29) is 24.9 Å². The number of non-ortho nitro benzene ring substituents is 1.